The fraction of sp³-hybridized carbons (Fsp3) is 0.240. The first-order valence-corrected chi connectivity index (χ1v) is 15.4. The van der Waals surface area contributed by atoms with Crippen LogP contribution in [-0.2, 0) is 30.6 Å². The Morgan fingerprint density at radius 1 is 0.921 bits per heavy atom. The van der Waals surface area contributed by atoms with Gasteiger partial charge in [0, 0.05) is 40.1 Å². The summed E-state index contributed by atoms with van der Waals surface area (Å²) in [6.45, 7) is 0.284. The molecule has 4 rings (SSSR count). The van der Waals surface area contributed by atoms with E-state index < -0.39 is 31.8 Å². The van der Waals surface area contributed by atoms with Crippen molar-refractivity contribution < 1.29 is 26.0 Å². The van der Waals surface area contributed by atoms with Gasteiger partial charge in [0.2, 0.25) is 15.9 Å². The van der Waals surface area contributed by atoms with Gasteiger partial charge in [-0.05, 0) is 73.5 Å². The zero-order chi connectivity index (χ0) is 27.5. The van der Waals surface area contributed by atoms with Crippen LogP contribution < -0.4 is 10.0 Å². The number of nitrogens with zero attached hydrogens (tertiary/aromatic N) is 1. The molecule has 1 amide bonds. The molecular weight excluding hydrogens is 576 g/mol. The zero-order valence-electron chi connectivity index (χ0n) is 19.9. The fourth-order valence-corrected chi connectivity index (χ4v) is 7.47. The summed E-state index contributed by atoms with van der Waals surface area (Å²) in [5.74, 6) is -1.83. The van der Waals surface area contributed by atoms with E-state index in [1.165, 1.54) is 40.7 Å². The van der Waals surface area contributed by atoms with Crippen LogP contribution in [0, 0.1) is 11.7 Å². The Hall–Kier alpha value is -2.70. The average Bonchev–Trinajstić information content (AvgIpc) is 2.88. The molecule has 38 heavy (non-hydrogen) atoms. The molecular formula is C25H24Cl2FN3O5S2. The van der Waals surface area contributed by atoms with E-state index in [4.69, 9.17) is 23.2 Å². The van der Waals surface area contributed by atoms with Gasteiger partial charge >= 0.3 is 0 Å². The summed E-state index contributed by atoms with van der Waals surface area (Å²) >= 11 is 12.3. The second-order valence-electron chi connectivity index (χ2n) is 8.78. The molecule has 202 valence electrons. The molecule has 13 heteroatoms. The van der Waals surface area contributed by atoms with E-state index in [9.17, 15) is 26.0 Å². The summed E-state index contributed by atoms with van der Waals surface area (Å²) in [5.41, 5.74) is 0.877. The van der Waals surface area contributed by atoms with Crippen molar-refractivity contribution in [3.8, 4) is 0 Å². The molecule has 0 spiro atoms. The lowest BCUT2D eigenvalue weighted by Gasteiger charge is -2.31. The molecule has 1 saturated heterocycles. The van der Waals surface area contributed by atoms with Crippen LogP contribution in [0.1, 0.15) is 18.4 Å². The maximum atomic E-state index is 13.1. The number of anilines is 2. The van der Waals surface area contributed by atoms with E-state index in [1.54, 1.807) is 18.2 Å². The Kier molecular flexibility index (Phi) is 8.63. The molecule has 0 radical (unpaired) electrons. The van der Waals surface area contributed by atoms with Crippen LogP contribution >= 0.6 is 23.2 Å². The van der Waals surface area contributed by atoms with Crippen molar-refractivity contribution in [2.45, 2.75) is 23.5 Å². The van der Waals surface area contributed by atoms with Crippen molar-refractivity contribution in [2.24, 2.45) is 5.92 Å². The number of carbonyl (C=O) groups excluding carboxylic acids is 1. The fourth-order valence-electron chi connectivity index (χ4n) is 4.05. The molecule has 1 fully saturated rings. The van der Waals surface area contributed by atoms with E-state index in [0.717, 1.165) is 12.1 Å². The highest BCUT2D eigenvalue weighted by molar-refractivity contribution is 7.92. The van der Waals surface area contributed by atoms with Crippen molar-refractivity contribution >= 4 is 60.5 Å². The number of nitrogens with one attached hydrogen (secondary N) is 2. The lowest BCUT2D eigenvalue weighted by atomic mass is 9.99. The Balaban J connectivity index is 1.39. The Labute approximate surface area is 230 Å². The smallest absolute Gasteiger partial charge is 0.261 e. The maximum absolute atomic E-state index is 13.1. The maximum Gasteiger partial charge on any atom is 0.261 e. The number of halogens is 3. The molecule has 3 aromatic rings. The summed E-state index contributed by atoms with van der Waals surface area (Å²) in [5, 5.41) is 3.24. The van der Waals surface area contributed by atoms with Crippen LogP contribution in [0.5, 0.6) is 0 Å². The SMILES string of the molecule is O=C(Nc1ccc(S(=O)(=O)Nc2ccc(F)cc2)cc1)[C@H]1CCCN(S(=O)(=O)Cc2c(Cl)cccc2Cl)C1. The van der Waals surface area contributed by atoms with Crippen molar-refractivity contribution in [3.63, 3.8) is 0 Å². The van der Waals surface area contributed by atoms with E-state index in [1.807, 2.05) is 0 Å². The number of benzene rings is 3. The third-order valence-corrected chi connectivity index (χ3v) is 9.94. The minimum absolute atomic E-state index is 0.00426. The quantitative estimate of drug-likeness (QED) is 0.373. The zero-order valence-corrected chi connectivity index (χ0v) is 23.0. The molecule has 0 saturated carbocycles. The number of carbonyl (C=O) groups is 1. The molecule has 0 bridgehead atoms. The summed E-state index contributed by atoms with van der Waals surface area (Å²) in [4.78, 5) is 12.9. The van der Waals surface area contributed by atoms with Gasteiger partial charge < -0.3 is 5.32 Å². The third-order valence-electron chi connectivity index (χ3n) is 6.07. The van der Waals surface area contributed by atoms with Crippen LogP contribution in [0.3, 0.4) is 0 Å². The van der Waals surface area contributed by atoms with Crippen LogP contribution in [0.2, 0.25) is 10.0 Å². The molecule has 1 aliphatic heterocycles. The minimum Gasteiger partial charge on any atom is -0.326 e. The standard InChI is InChI=1S/C25H24Cl2FN3O5S2/c26-23-4-1-5-24(27)22(23)16-37(33,34)31-14-2-3-17(15-31)25(32)29-19-10-12-21(13-11-19)38(35,36)30-20-8-6-18(28)7-9-20/h1,4-13,17,30H,2-3,14-16H2,(H,29,32)/t17-/m0/s1. The van der Waals surface area contributed by atoms with Gasteiger partial charge in [0.05, 0.1) is 16.6 Å². The van der Waals surface area contributed by atoms with Crippen molar-refractivity contribution in [2.75, 3.05) is 23.1 Å². The highest BCUT2D eigenvalue weighted by atomic mass is 35.5. The van der Waals surface area contributed by atoms with E-state index in [2.05, 4.69) is 10.0 Å². The number of sulfonamides is 2. The molecule has 0 aliphatic carbocycles. The second-order valence-corrected chi connectivity index (χ2v) is 13.2. The highest BCUT2D eigenvalue weighted by Gasteiger charge is 2.33. The van der Waals surface area contributed by atoms with Gasteiger partial charge in [-0.3, -0.25) is 9.52 Å². The lowest BCUT2D eigenvalue weighted by Crippen LogP contribution is -2.44. The van der Waals surface area contributed by atoms with Crippen molar-refractivity contribution in [1.82, 2.24) is 4.31 Å². The predicted octanol–water partition coefficient (Wildman–Crippen LogP) is 5.11. The largest absolute Gasteiger partial charge is 0.326 e. The molecule has 1 atom stereocenters. The van der Waals surface area contributed by atoms with Crippen molar-refractivity contribution in [3.05, 3.63) is 88.2 Å². The van der Waals surface area contributed by atoms with Crippen LogP contribution in [0.25, 0.3) is 0 Å². The first-order chi connectivity index (χ1) is 17.9. The summed E-state index contributed by atoms with van der Waals surface area (Å²) in [6.07, 6.45) is 0.999. The van der Waals surface area contributed by atoms with Gasteiger partial charge in [0.1, 0.15) is 5.82 Å². The average molecular weight is 601 g/mol. The molecule has 0 unspecified atom stereocenters. The second kappa shape index (κ2) is 11.6. The van der Waals surface area contributed by atoms with Gasteiger partial charge in [0.15, 0.2) is 0 Å². The van der Waals surface area contributed by atoms with Crippen LogP contribution in [0.15, 0.2) is 71.6 Å². The van der Waals surface area contributed by atoms with Gasteiger partial charge in [-0.2, -0.15) is 0 Å². The topological polar surface area (TPSA) is 113 Å². The molecule has 8 nitrogen and oxygen atoms in total. The van der Waals surface area contributed by atoms with E-state index >= 15 is 0 Å². The minimum atomic E-state index is -3.92. The number of rotatable bonds is 8. The van der Waals surface area contributed by atoms with E-state index in [0.29, 0.717) is 24.1 Å². The Morgan fingerprint density at radius 2 is 1.53 bits per heavy atom. The predicted molar refractivity (Wildman–Crippen MR) is 146 cm³/mol. The van der Waals surface area contributed by atoms with Gasteiger partial charge in [0.25, 0.3) is 10.0 Å². The number of amides is 1. The third kappa shape index (κ3) is 6.83. The molecule has 1 heterocycles. The molecule has 0 aromatic heterocycles. The van der Waals surface area contributed by atoms with E-state index in [-0.39, 0.29) is 45.4 Å². The summed E-state index contributed by atoms with van der Waals surface area (Å²) < 4.78 is 68.0. The summed E-state index contributed by atoms with van der Waals surface area (Å²) in [7, 11) is -7.71. The number of hydrogen-bond acceptors (Lipinski definition) is 5. The van der Waals surface area contributed by atoms with Gasteiger partial charge in [-0.1, -0.05) is 29.3 Å². The van der Waals surface area contributed by atoms with Gasteiger partial charge in [-0.15, -0.1) is 0 Å². The Bertz CT molecular complexity index is 1510. The normalized spacial score (nSPS) is 16.7. The van der Waals surface area contributed by atoms with Crippen molar-refractivity contribution in [1.29, 1.82) is 0 Å². The molecule has 1 aliphatic rings. The van der Waals surface area contributed by atoms with Gasteiger partial charge in [-0.25, -0.2) is 25.5 Å². The monoisotopic (exact) mass is 599 g/mol. The summed E-state index contributed by atoms with van der Waals surface area (Å²) in [6, 6.07) is 15.2. The number of hydrogen-bond donors (Lipinski definition) is 2. The molecule has 2 N–H and O–H groups in total. The van der Waals surface area contributed by atoms with Crippen LogP contribution in [0.4, 0.5) is 15.8 Å². The molecule has 3 aromatic carbocycles. The Morgan fingerprint density at radius 3 is 2.16 bits per heavy atom. The first kappa shape index (κ1) is 28.3. The first-order valence-electron chi connectivity index (χ1n) is 11.5. The lowest BCUT2D eigenvalue weighted by molar-refractivity contribution is -0.120. The van der Waals surface area contributed by atoms with Crippen LogP contribution in [-0.4, -0.2) is 40.1 Å². The number of piperidine rings is 1. The highest BCUT2D eigenvalue weighted by Crippen LogP contribution is 2.29.